The first-order valence-electron chi connectivity index (χ1n) is 5.32. The van der Waals surface area contributed by atoms with E-state index in [-0.39, 0.29) is 5.56 Å². The number of benzene rings is 2. The van der Waals surface area contributed by atoms with E-state index < -0.39 is 17.5 Å². The Kier molecular flexibility index (Phi) is 3.71. The van der Waals surface area contributed by atoms with E-state index in [2.05, 4.69) is 21.2 Å². The number of carbonyl (C=O) groups is 1. The third-order valence-corrected chi connectivity index (χ3v) is 3.18. The van der Waals surface area contributed by atoms with E-state index in [0.29, 0.717) is 11.4 Å². The van der Waals surface area contributed by atoms with Gasteiger partial charge in [-0.3, -0.25) is 4.79 Å². The molecule has 0 atom stereocenters. The minimum Gasteiger partial charge on any atom is -0.507 e. The van der Waals surface area contributed by atoms with Crippen molar-refractivity contribution >= 4 is 33.2 Å². The minimum atomic E-state index is -0.609. The molecule has 0 saturated heterocycles. The Labute approximate surface area is 117 Å². The topological polar surface area (TPSA) is 75.3 Å². The highest BCUT2D eigenvalue weighted by Crippen LogP contribution is 2.24. The monoisotopic (exact) mass is 324 g/mol. The van der Waals surface area contributed by atoms with Crippen LogP contribution in [-0.2, 0) is 0 Å². The van der Waals surface area contributed by atoms with E-state index in [1.807, 2.05) is 0 Å². The van der Waals surface area contributed by atoms with Crippen molar-refractivity contribution in [1.82, 2.24) is 0 Å². The van der Waals surface area contributed by atoms with Crippen LogP contribution in [0.2, 0.25) is 0 Å². The lowest BCUT2D eigenvalue weighted by molar-refractivity contribution is 0.102. The molecule has 0 unspecified atom stereocenters. The number of phenolic OH excluding ortho intramolecular Hbond substituents is 1. The molecule has 2 aromatic carbocycles. The van der Waals surface area contributed by atoms with Gasteiger partial charge < -0.3 is 16.2 Å². The zero-order valence-electron chi connectivity index (χ0n) is 9.65. The number of hydrogen-bond donors (Lipinski definition) is 3. The van der Waals surface area contributed by atoms with Gasteiger partial charge in [-0.15, -0.1) is 0 Å². The highest BCUT2D eigenvalue weighted by atomic mass is 79.9. The fourth-order valence-corrected chi connectivity index (χ4v) is 1.76. The number of rotatable bonds is 2. The van der Waals surface area contributed by atoms with Crippen LogP contribution in [0.5, 0.6) is 5.75 Å². The average molecular weight is 325 g/mol. The van der Waals surface area contributed by atoms with Crippen LogP contribution >= 0.6 is 15.9 Å². The molecule has 0 aromatic heterocycles. The maximum Gasteiger partial charge on any atom is 0.259 e. The Morgan fingerprint density at radius 2 is 2.00 bits per heavy atom. The molecule has 0 radical (unpaired) electrons. The average Bonchev–Trinajstić information content (AvgIpc) is 2.33. The van der Waals surface area contributed by atoms with Gasteiger partial charge in [-0.05, 0) is 46.3 Å². The van der Waals surface area contributed by atoms with Crippen LogP contribution in [0.25, 0.3) is 0 Å². The fourth-order valence-electron chi connectivity index (χ4n) is 1.52. The van der Waals surface area contributed by atoms with Crippen LogP contribution in [0.4, 0.5) is 15.8 Å². The number of nitrogens with one attached hydrogen (secondary N) is 1. The third kappa shape index (κ3) is 3.03. The molecule has 98 valence electrons. The van der Waals surface area contributed by atoms with Gasteiger partial charge >= 0.3 is 0 Å². The van der Waals surface area contributed by atoms with Crippen LogP contribution in [0.3, 0.4) is 0 Å². The number of carbonyl (C=O) groups excluding carboxylic acids is 1. The highest BCUT2D eigenvalue weighted by Gasteiger charge is 2.12. The van der Waals surface area contributed by atoms with Crippen LogP contribution < -0.4 is 11.1 Å². The maximum absolute atomic E-state index is 12.8. The molecule has 0 saturated carbocycles. The van der Waals surface area contributed by atoms with Gasteiger partial charge in [0.15, 0.2) is 0 Å². The standard InChI is InChI=1S/C13H10BrFN2O2/c14-10-4-2-8(6-11(10)16)17-13(19)9-3-1-7(15)5-12(9)18/h1-6,18H,16H2,(H,17,19). The highest BCUT2D eigenvalue weighted by molar-refractivity contribution is 9.10. The van der Waals surface area contributed by atoms with Crippen LogP contribution in [0.15, 0.2) is 40.9 Å². The smallest absolute Gasteiger partial charge is 0.259 e. The van der Waals surface area contributed by atoms with Gasteiger partial charge in [0, 0.05) is 21.9 Å². The summed E-state index contributed by atoms with van der Waals surface area (Å²) in [5.41, 5.74) is 6.63. The molecule has 6 heteroatoms. The molecule has 0 aliphatic rings. The van der Waals surface area contributed by atoms with Crippen molar-refractivity contribution in [2.45, 2.75) is 0 Å². The summed E-state index contributed by atoms with van der Waals surface area (Å²) in [4.78, 5) is 11.9. The molecule has 0 aliphatic carbocycles. The largest absolute Gasteiger partial charge is 0.507 e. The molecule has 0 heterocycles. The van der Waals surface area contributed by atoms with Crippen LogP contribution in [0.1, 0.15) is 10.4 Å². The van der Waals surface area contributed by atoms with Crippen molar-refractivity contribution in [3.8, 4) is 5.75 Å². The van der Waals surface area contributed by atoms with Crippen molar-refractivity contribution < 1.29 is 14.3 Å². The molecule has 0 bridgehead atoms. The second-order valence-corrected chi connectivity index (χ2v) is 4.71. The summed E-state index contributed by atoms with van der Waals surface area (Å²) in [7, 11) is 0. The fraction of sp³-hybridized carbons (Fsp3) is 0. The van der Waals surface area contributed by atoms with Crippen LogP contribution in [-0.4, -0.2) is 11.0 Å². The first-order valence-corrected chi connectivity index (χ1v) is 6.11. The number of amides is 1. The summed E-state index contributed by atoms with van der Waals surface area (Å²) in [6.07, 6.45) is 0. The summed E-state index contributed by atoms with van der Waals surface area (Å²) in [6, 6.07) is 8.11. The van der Waals surface area contributed by atoms with Crippen molar-refractivity contribution in [2.75, 3.05) is 11.1 Å². The number of halogens is 2. The first-order chi connectivity index (χ1) is 8.97. The van der Waals surface area contributed by atoms with E-state index >= 15 is 0 Å². The Bertz CT molecular complexity index is 647. The quantitative estimate of drug-likeness (QED) is 0.743. The molecule has 0 aliphatic heterocycles. The van der Waals surface area contributed by atoms with Crippen molar-refractivity contribution in [1.29, 1.82) is 0 Å². The lowest BCUT2D eigenvalue weighted by Crippen LogP contribution is -2.12. The molecule has 2 rings (SSSR count). The summed E-state index contributed by atoms with van der Waals surface area (Å²) in [6.45, 7) is 0. The van der Waals surface area contributed by atoms with E-state index in [9.17, 15) is 14.3 Å². The van der Waals surface area contributed by atoms with Crippen molar-refractivity contribution in [3.63, 3.8) is 0 Å². The second-order valence-electron chi connectivity index (χ2n) is 3.85. The molecule has 19 heavy (non-hydrogen) atoms. The summed E-state index contributed by atoms with van der Waals surface area (Å²) < 4.78 is 13.5. The Hall–Kier alpha value is -2.08. The number of anilines is 2. The number of nitrogen functional groups attached to an aromatic ring is 1. The lowest BCUT2D eigenvalue weighted by Gasteiger charge is -2.08. The van der Waals surface area contributed by atoms with Gasteiger partial charge in [-0.1, -0.05) is 0 Å². The zero-order valence-corrected chi connectivity index (χ0v) is 11.2. The molecule has 1 amide bonds. The summed E-state index contributed by atoms with van der Waals surface area (Å²) in [5.74, 6) is -1.57. The van der Waals surface area contributed by atoms with Gasteiger partial charge in [0.05, 0.1) is 5.56 Å². The van der Waals surface area contributed by atoms with Gasteiger partial charge in [0.2, 0.25) is 0 Å². The molecule has 0 fully saturated rings. The minimum absolute atomic E-state index is 0.0112. The second kappa shape index (κ2) is 5.27. The zero-order chi connectivity index (χ0) is 14.0. The van der Waals surface area contributed by atoms with E-state index in [1.165, 1.54) is 6.07 Å². The van der Waals surface area contributed by atoms with Crippen molar-refractivity contribution in [3.05, 3.63) is 52.3 Å². The maximum atomic E-state index is 12.8. The molecule has 4 N–H and O–H groups in total. The SMILES string of the molecule is Nc1cc(NC(=O)c2ccc(F)cc2O)ccc1Br. The summed E-state index contributed by atoms with van der Waals surface area (Å²) in [5, 5.41) is 12.1. The van der Waals surface area contributed by atoms with Crippen LogP contribution in [0, 0.1) is 5.82 Å². The molecule has 4 nitrogen and oxygen atoms in total. The molecule has 0 spiro atoms. The van der Waals surface area contributed by atoms with Gasteiger partial charge in [0.25, 0.3) is 5.91 Å². The number of aromatic hydroxyl groups is 1. The van der Waals surface area contributed by atoms with Crippen molar-refractivity contribution in [2.24, 2.45) is 0 Å². The number of phenols is 1. The van der Waals surface area contributed by atoms with E-state index in [4.69, 9.17) is 5.73 Å². The first kappa shape index (κ1) is 13.4. The Morgan fingerprint density at radius 1 is 1.26 bits per heavy atom. The van der Waals surface area contributed by atoms with Gasteiger partial charge in [-0.25, -0.2) is 4.39 Å². The third-order valence-electron chi connectivity index (χ3n) is 2.46. The van der Waals surface area contributed by atoms with E-state index in [0.717, 1.165) is 16.6 Å². The van der Waals surface area contributed by atoms with Gasteiger partial charge in [-0.2, -0.15) is 0 Å². The normalized spacial score (nSPS) is 10.2. The molecular formula is C13H10BrFN2O2. The van der Waals surface area contributed by atoms with E-state index in [1.54, 1.807) is 18.2 Å². The Balaban J connectivity index is 2.23. The molecule has 2 aromatic rings. The van der Waals surface area contributed by atoms with Gasteiger partial charge in [0.1, 0.15) is 11.6 Å². The predicted octanol–water partition coefficient (Wildman–Crippen LogP) is 3.13. The lowest BCUT2D eigenvalue weighted by atomic mass is 10.1. The number of nitrogens with two attached hydrogens (primary N) is 1. The summed E-state index contributed by atoms with van der Waals surface area (Å²) >= 11 is 3.24. The predicted molar refractivity (Wildman–Crippen MR) is 74.6 cm³/mol. The number of hydrogen-bond acceptors (Lipinski definition) is 3. The molecular weight excluding hydrogens is 315 g/mol. The Morgan fingerprint density at radius 3 is 2.63 bits per heavy atom.